The molecule has 2 aliphatic heterocycles. The zero-order valence-corrected chi connectivity index (χ0v) is 17.9. The molecule has 9 nitrogen and oxygen atoms in total. The zero-order valence-electron chi connectivity index (χ0n) is 15.5. The minimum atomic E-state index is -3.84. The lowest BCUT2D eigenvalue weighted by Gasteiger charge is -2.37. The van der Waals surface area contributed by atoms with Crippen LogP contribution in [0.4, 0.5) is 4.39 Å². The van der Waals surface area contributed by atoms with Crippen molar-refractivity contribution >= 4 is 37.7 Å². The molecule has 2 fully saturated rings. The van der Waals surface area contributed by atoms with Crippen LogP contribution in [0.15, 0.2) is 23.1 Å². The number of nitrogens with two attached hydrogens (primary N) is 1. The lowest BCUT2D eigenvalue weighted by Crippen LogP contribution is -2.53. The molecule has 0 radical (unpaired) electrons. The molecular weight excluding hydrogens is 447 g/mol. The highest BCUT2D eigenvalue weighted by atomic mass is 35.5. The van der Waals surface area contributed by atoms with Crippen molar-refractivity contribution < 1.29 is 26.0 Å². The number of hydrogen-bond acceptors (Lipinski definition) is 5. The van der Waals surface area contributed by atoms with Gasteiger partial charge in [0.1, 0.15) is 5.82 Å². The van der Waals surface area contributed by atoms with E-state index in [1.165, 1.54) is 4.31 Å². The standard InChI is InChI=1S/C16H22ClFN4O5S2/c17-14-11-13(1-2-15(14)18)28(24,25)21-9-7-20(8-10-21)16(23)12-3-5-22(6-4-12)29(19,26)27/h1-2,11-12H,3-10H2,(H2,19,26,27). The summed E-state index contributed by atoms with van der Waals surface area (Å²) in [7, 11) is -7.60. The monoisotopic (exact) mass is 468 g/mol. The number of piperidine rings is 1. The fraction of sp³-hybridized carbons (Fsp3) is 0.562. The summed E-state index contributed by atoms with van der Waals surface area (Å²) in [6, 6.07) is 3.24. The molecule has 0 aliphatic carbocycles. The van der Waals surface area contributed by atoms with Crippen molar-refractivity contribution in [3.63, 3.8) is 0 Å². The summed E-state index contributed by atoms with van der Waals surface area (Å²) < 4.78 is 63.9. The van der Waals surface area contributed by atoms with Gasteiger partial charge in [0.25, 0.3) is 10.2 Å². The number of nitrogens with zero attached hydrogens (tertiary/aromatic N) is 3. The van der Waals surface area contributed by atoms with E-state index in [1.54, 1.807) is 4.90 Å². The summed E-state index contributed by atoms with van der Waals surface area (Å²) in [4.78, 5) is 14.2. The first-order valence-corrected chi connectivity index (χ1v) is 12.3. The summed E-state index contributed by atoms with van der Waals surface area (Å²) in [6.07, 6.45) is 0.754. The fourth-order valence-electron chi connectivity index (χ4n) is 3.55. The van der Waals surface area contributed by atoms with Gasteiger partial charge in [-0.1, -0.05) is 11.6 Å². The molecule has 162 valence electrons. The minimum absolute atomic E-state index is 0.0981. The lowest BCUT2D eigenvalue weighted by atomic mass is 9.96. The molecule has 29 heavy (non-hydrogen) atoms. The Balaban J connectivity index is 1.59. The second-order valence-electron chi connectivity index (χ2n) is 7.02. The van der Waals surface area contributed by atoms with Crippen LogP contribution in [-0.4, -0.2) is 75.5 Å². The van der Waals surface area contributed by atoms with Gasteiger partial charge in [-0.3, -0.25) is 4.79 Å². The smallest absolute Gasteiger partial charge is 0.276 e. The third-order valence-electron chi connectivity index (χ3n) is 5.24. The average molecular weight is 469 g/mol. The number of rotatable bonds is 4. The second-order valence-corrected chi connectivity index (χ2v) is 10.9. The van der Waals surface area contributed by atoms with Gasteiger partial charge in [-0.05, 0) is 31.0 Å². The number of amides is 1. The predicted molar refractivity (Wildman–Crippen MR) is 104 cm³/mol. The second kappa shape index (κ2) is 8.44. The van der Waals surface area contributed by atoms with Crippen molar-refractivity contribution in [2.45, 2.75) is 17.7 Å². The van der Waals surface area contributed by atoms with Crippen LogP contribution in [0.3, 0.4) is 0 Å². The predicted octanol–water partition coefficient (Wildman–Crippen LogP) is 0.228. The topological polar surface area (TPSA) is 121 Å². The number of carbonyl (C=O) groups is 1. The molecule has 1 amide bonds. The van der Waals surface area contributed by atoms with Gasteiger partial charge in [-0.25, -0.2) is 17.9 Å². The normalized spacial score (nSPS) is 20.7. The minimum Gasteiger partial charge on any atom is -0.340 e. The molecule has 3 rings (SSSR count). The number of carbonyl (C=O) groups excluding carboxylic acids is 1. The van der Waals surface area contributed by atoms with Crippen LogP contribution < -0.4 is 5.14 Å². The van der Waals surface area contributed by atoms with E-state index in [9.17, 15) is 26.0 Å². The molecule has 2 saturated heterocycles. The van der Waals surface area contributed by atoms with Crippen LogP contribution in [0.5, 0.6) is 0 Å². The first kappa shape index (κ1) is 22.4. The molecule has 0 saturated carbocycles. The zero-order chi connectivity index (χ0) is 21.4. The molecule has 2 aliphatic rings. The Bertz CT molecular complexity index is 989. The van der Waals surface area contributed by atoms with Crippen molar-refractivity contribution in [1.29, 1.82) is 0 Å². The average Bonchev–Trinajstić information content (AvgIpc) is 2.69. The third kappa shape index (κ3) is 4.89. The molecule has 2 heterocycles. The van der Waals surface area contributed by atoms with Crippen LogP contribution >= 0.6 is 11.6 Å². The van der Waals surface area contributed by atoms with Gasteiger partial charge in [0.2, 0.25) is 15.9 Å². The highest BCUT2D eigenvalue weighted by Crippen LogP contribution is 2.25. The number of piperazine rings is 1. The van der Waals surface area contributed by atoms with E-state index in [1.807, 2.05) is 0 Å². The Morgan fingerprint density at radius 3 is 2.10 bits per heavy atom. The van der Waals surface area contributed by atoms with Crippen molar-refractivity contribution in [3.05, 3.63) is 29.0 Å². The first-order chi connectivity index (χ1) is 13.5. The molecule has 0 bridgehead atoms. The Hall–Kier alpha value is -1.31. The summed E-state index contributed by atoms with van der Waals surface area (Å²) in [5, 5.41) is 4.83. The molecule has 0 spiro atoms. The van der Waals surface area contributed by atoms with Crippen molar-refractivity contribution in [1.82, 2.24) is 13.5 Å². The van der Waals surface area contributed by atoms with E-state index < -0.39 is 26.0 Å². The SMILES string of the molecule is NS(=O)(=O)N1CCC(C(=O)N2CCN(S(=O)(=O)c3ccc(F)c(Cl)c3)CC2)CC1. The molecule has 0 atom stereocenters. The fourth-order valence-corrected chi connectivity index (χ4v) is 5.96. The first-order valence-electron chi connectivity index (χ1n) is 9.02. The Kier molecular flexibility index (Phi) is 6.51. The van der Waals surface area contributed by atoms with Gasteiger partial charge >= 0.3 is 0 Å². The van der Waals surface area contributed by atoms with Gasteiger partial charge in [0, 0.05) is 45.2 Å². The molecule has 1 aromatic rings. The van der Waals surface area contributed by atoms with Gasteiger partial charge in [0.15, 0.2) is 0 Å². The van der Waals surface area contributed by atoms with E-state index in [-0.39, 0.29) is 61.0 Å². The van der Waals surface area contributed by atoms with Crippen molar-refractivity contribution in [2.75, 3.05) is 39.3 Å². The Morgan fingerprint density at radius 1 is 1.00 bits per heavy atom. The number of hydrogen-bond donors (Lipinski definition) is 1. The molecule has 2 N–H and O–H groups in total. The van der Waals surface area contributed by atoms with Crippen molar-refractivity contribution in [3.8, 4) is 0 Å². The third-order valence-corrected chi connectivity index (χ3v) is 8.51. The highest BCUT2D eigenvalue weighted by molar-refractivity contribution is 7.89. The van der Waals surface area contributed by atoms with E-state index in [2.05, 4.69) is 0 Å². The summed E-state index contributed by atoms with van der Waals surface area (Å²) >= 11 is 5.69. The molecular formula is C16H22ClFN4O5S2. The Labute approximate surface area is 174 Å². The van der Waals surface area contributed by atoms with Crippen LogP contribution in [-0.2, 0) is 25.0 Å². The van der Waals surface area contributed by atoms with Gasteiger partial charge in [-0.15, -0.1) is 0 Å². The van der Waals surface area contributed by atoms with Gasteiger partial charge in [0.05, 0.1) is 9.92 Å². The molecule has 13 heteroatoms. The van der Waals surface area contributed by atoms with Gasteiger partial charge in [-0.2, -0.15) is 17.0 Å². The maximum Gasteiger partial charge on any atom is 0.276 e. The molecule has 0 unspecified atom stereocenters. The van der Waals surface area contributed by atoms with Gasteiger partial charge < -0.3 is 4.90 Å². The Morgan fingerprint density at radius 2 is 1.59 bits per heavy atom. The highest BCUT2D eigenvalue weighted by Gasteiger charge is 2.35. The summed E-state index contributed by atoms with van der Waals surface area (Å²) in [5.41, 5.74) is 0. The van der Waals surface area contributed by atoms with Crippen LogP contribution in [0.1, 0.15) is 12.8 Å². The maximum absolute atomic E-state index is 13.3. The number of benzene rings is 1. The molecule has 1 aromatic carbocycles. The van der Waals surface area contributed by atoms with Crippen LogP contribution in [0.2, 0.25) is 5.02 Å². The number of halogens is 2. The maximum atomic E-state index is 13.3. The summed E-state index contributed by atoms with van der Waals surface area (Å²) in [5.74, 6) is -1.12. The van der Waals surface area contributed by atoms with E-state index in [4.69, 9.17) is 16.7 Å². The van der Waals surface area contributed by atoms with Crippen LogP contribution in [0, 0.1) is 11.7 Å². The van der Waals surface area contributed by atoms with Crippen molar-refractivity contribution in [2.24, 2.45) is 11.1 Å². The van der Waals surface area contributed by atoms with E-state index in [0.29, 0.717) is 12.8 Å². The van der Waals surface area contributed by atoms with E-state index in [0.717, 1.165) is 22.5 Å². The lowest BCUT2D eigenvalue weighted by molar-refractivity contribution is -0.137. The van der Waals surface area contributed by atoms with Crippen LogP contribution in [0.25, 0.3) is 0 Å². The summed E-state index contributed by atoms with van der Waals surface area (Å²) in [6.45, 7) is 1.05. The van der Waals surface area contributed by atoms with E-state index >= 15 is 0 Å². The largest absolute Gasteiger partial charge is 0.340 e. The number of sulfonamides is 1. The molecule has 0 aromatic heterocycles. The quantitative estimate of drug-likeness (QED) is 0.677.